The number of halogens is 1. The maximum absolute atomic E-state index is 5.53. The molecule has 1 rings (SSSR count). The molecule has 0 saturated carbocycles. The van der Waals surface area contributed by atoms with E-state index in [-0.39, 0.29) is 0 Å². The van der Waals surface area contributed by atoms with E-state index in [0.717, 1.165) is 25.9 Å². The molecule has 90 valence electrons. The van der Waals surface area contributed by atoms with Crippen LogP contribution < -0.4 is 5.73 Å². The zero-order chi connectivity index (χ0) is 12.0. The monoisotopic (exact) mass is 284 g/mol. The Morgan fingerprint density at radius 3 is 2.69 bits per heavy atom. The highest BCUT2D eigenvalue weighted by Gasteiger charge is 2.10. The van der Waals surface area contributed by atoms with E-state index in [2.05, 4.69) is 53.0 Å². The summed E-state index contributed by atoms with van der Waals surface area (Å²) in [5, 5.41) is 0. The molecule has 0 amide bonds. The van der Waals surface area contributed by atoms with Crippen molar-refractivity contribution in [2.75, 3.05) is 13.6 Å². The molecule has 0 fully saturated rings. The minimum Gasteiger partial charge on any atom is -0.330 e. The lowest BCUT2D eigenvalue weighted by molar-refractivity contribution is 0.235. The Kier molecular flexibility index (Phi) is 6.03. The molecule has 0 saturated heterocycles. The lowest BCUT2D eigenvalue weighted by Gasteiger charge is -2.25. The zero-order valence-corrected chi connectivity index (χ0v) is 11.7. The normalized spacial score (nSPS) is 13.1. The van der Waals surface area contributed by atoms with E-state index in [9.17, 15) is 0 Å². The lowest BCUT2D eigenvalue weighted by atomic mass is 10.1. The highest BCUT2D eigenvalue weighted by atomic mass is 79.9. The van der Waals surface area contributed by atoms with Crippen LogP contribution in [0.4, 0.5) is 0 Å². The predicted octanol–water partition coefficient (Wildman–Crippen LogP) is 3.01. The molecular weight excluding hydrogens is 264 g/mol. The van der Waals surface area contributed by atoms with Crippen molar-refractivity contribution in [2.45, 2.75) is 32.4 Å². The molecule has 0 aliphatic rings. The zero-order valence-electron chi connectivity index (χ0n) is 10.1. The van der Waals surface area contributed by atoms with Crippen LogP contribution in [0, 0.1) is 0 Å². The van der Waals surface area contributed by atoms with Gasteiger partial charge in [0.25, 0.3) is 0 Å². The Balaban J connectivity index is 2.50. The summed E-state index contributed by atoms with van der Waals surface area (Å²) in [4.78, 5) is 2.37. The van der Waals surface area contributed by atoms with Gasteiger partial charge in [-0.05, 0) is 45.0 Å². The largest absolute Gasteiger partial charge is 0.330 e. The molecule has 2 nitrogen and oxygen atoms in total. The van der Waals surface area contributed by atoms with Crippen molar-refractivity contribution in [3.05, 3.63) is 34.3 Å². The quantitative estimate of drug-likeness (QED) is 0.870. The fourth-order valence-electron chi connectivity index (χ4n) is 1.68. The highest BCUT2D eigenvalue weighted by Crippen LogP contribution is 2.18. The van der Waals surface area contributed by atoms with Crippen molar-refractivity contribution < 1.29 is 0 Å². The smallest absolute Gasteiger partial charge is 0.0244 e. The maximum Gasteiger partial charge on any atom is 0.0244 e. The van der Waals surface area contributed by atoms with Crippen LogP contribution in [0.3, 0.4) is 0 Å². The van der Waals surface area contributed by atoms with E-state index in [4.69, 9.17) is 5.73 Å². The predicted molar refractivity (Wildman–Crippen MR) is 73.4 cm³/mol. The number of nitrogens with two attached hydrogens (primary N) is 1. The van der Waals surface area contributed by atoms with E-state index in [1.54, 1.807) is 0 Å². The van der Waals surface area contributed by atoms with Gasteiger partial charge in [-0.25, -0.2) is 0 Å². The van der Waals surface area contributed by atoms with E-state index < -0.39 is 0 Å². The van der Waals surface area contributed by atoms with Crippen LogP contribution >= 0.6 is 15.9 Å². The van der Waals surface area contributed by atoms with Gasteiger partial charge in [0.05, 0.1) is 0 Å². The van der Waals surface area contributed by atoms with Gasteiger partial charge < -0.3 is 5.73 Å². The number of rotatable bonds is 6. The number of hydrogen-bond acceptors (Lipinski definition) is 2. The molecule has 2 N–H and O–H groups in total. The van der Waals surface area contributed by atoms with Crippen molar-refractivity contribution in [3.8, 4) is 0 Å². The molecule has 0 spiro atoms. The molecular formula is C13H21BrN2. The molecule has 1 aromatic carbocycles. The van der Waals surface area contributed by atoms with Crippen molar-refractivity contribution in [1.82, 2.24) is 4.90 Å². The van der Waals surface area contributed by atoms with Crippen molar-refractivity contribution in [2.24, 2.45) is 5.73 Å². The Morgan fingerprint density at radius 2 is 2.06 bits per heavy atom. The second kappa shape index (κ2) is 7.05. The number of nitrogens with zero attached hydrogens (tertiary/aromatic N) is 1. The van der Waals surface area contributed by atoms with Gasteiger partial charge in [0.15, 0.2) is 0 Å². The highest BCUT2D eigenvalue weighted by molar-refractivity contribution is 9.10. The van der Waals surface area contributed by atoms with Crippen LogP contribution in [-0.4, -0.2) is 24.5 Å². The molecule has 1 atom stereocenters. The summed E-state index contributed by atoms with van der Waals surface area (Å²) in [5.74, 6) is 0. The average molecular weight is 285 g/mol. The average Bonchev–Trinajstić information content (AvgIpc) is 2.28. The summed E-state index contributed by atoms with van der Waals surface area (Å²) in [6.07, 6.45) is 2.26. The third kappa shape index (κ3) is 4.24. The summed E-state index contributed by atoms with van der Waals surface area (Å²) < 4.78 is 1.19. The minimum atomic E-state index is 0.579. The van der Waals surface area contributed by atoms with Gasteiger partial charge >= 0.3 is 0 Å². The molecule has 16 heavy (non-hydrogen) atoms. The summed E-state index contributed by atoms with van der Waals surface area (Å²) in [6.45, 7) is 4.02. The molecule has 3 heteroatoms. The number of benzene rings is 1. The third-order valence-electron chi connectivity index (χ3n) is 2.96. The Morgan fingerprint density at radius 1 is 1.38 bits per heavy atom. The minimum absolute atomic E-state index is 0.579. The molecule has 0 radical (unpaired) electrons. The first-order valence-corrected chi connectivity index (χ1v) is 6.58. The van der Waals surface area contributed by atoms with Crippen LogP contribution in [0.15, 0.2) is 28.7 Å². The van der Waals surface area contributed by atoms with Gasteiger partial charge in [0, 0.05) is 17.1 Å². The van der Waals surface area contributed by atoms with E-state index in [0.29, 0.717) is 6.04 Å². The van der Waals surface area contributed by atoms with Crippen molar-refractivity contribution >= 4 is 15.9 Å². The Labute approximate surface area is 107 Å². The van der Waals surface area contributed by atoms with Crippen LogP contribution in [0.25, 0.3) is 0 Å². The van der Waals surface area contributed by atoms with Gasteiger partial charge in [-0.2, -0.15) is 0 Å². The Bertz CT molecular complexity index is 315. The van der Waals surface area contributed by atoms with Gasteiger partial charge in [0.1, 0.15) is 0 Å². The van der Waals surface area contributed by atoms with E-state index in [1.807, 2.05) is 6.07 Å². The van der Waals surface area contributed by atoms with Crippen molar-refractivity contribution in [1.29, 1.82) is 0 Å². The number of hydrogen-bond donors (Lipinski definition) is 1. The summed E-state index contributed by atoms with van der Waals surface area (Å²) in [7, 11) is 2.17. The first kappa shape index (κ1) is 13.7. The fourth-order valence-corrected chi connectivity index (χ4v) is 2.09. The van der Waals surface area contributed by atoms with Gasteiger partial charge in [0.2, 0.25) is 0 Å². The summed E-state index contributed by atoms with van der Waals surface area (Å²) in [6, 6.07) is 8.96. The maximum atomic E-state index is 5.53. The second-order valence-electron chi connectivity index (χ2n) is 4.29. The summed E-state index contributed by atoms with van der Waals surface area (Å²) in [5.41, 5.74) is 6.87. The molecule has 1 aromatic rings. The first-order chi connectivity index (χ1) is 7.65. The van der Waals surface area contributed by atoms with Gasteiger partial charge in [-0.3, -0.25) is 4.90 Å². The molecule has 0 heterocycles. The van der Waals surface area contributed by atoms with Crippen molar-refractivity contribution in [3.63, 3.8) is 0 Å². The Hall–Kier alpha value is -0.380. The van der Waals surface area contributed by atoms with Crippen LogP contribution in [0.1, 0.15) is 25.3 Å². The first-order valence-electron chi connectivity index (χ1n) is 5.79. The van der Waals surface area contributed by atoms with Gasteiger partial charge in [-0.1, -0.05) is 34.1 Å². The molecule has 0 aliphatic heterocycles. The standard InChI is InChI=1S/C13H21BrN2/c1-11(6-5-9-15)16(2)10-12-7-3-4-8-13(12)14/h3-4,7-8,11H,5-6,9-10,15H2,1-2H3. The SMILES string of the molecule is CC(CCCN)N(C)Cc1ccccc1Br. The molecule has 0 aliphatic carbocycles. The van der Waals surface area contributed by atoms with E-state index in [1.165, 1.54) is 10.0 Å². The molecule has 0 bridgehead atoms. The third-order valence-corrected chi connectivity index (χ3v) is 3.73. The molecule has 1 unspecified atom stereocenters. The van der Waals surface area contributed by atoms with E-state index >= 15 is 0 Å². The second-order valence-corrected chi connectivity index (χ2v) is 5.14. The van der Waals surface area contributed by atoms with Crippen LogP contribution in [0.5, 0.6) is 0 Å². The topological polar surface area (TPSA) is 29.3 Å². The fraction of sp³-hybridized carbons (Fsp3) is 0.538. The van der Waals surface area contributed by atoms with Crippen LogP contribution in [-0.2, 0) is 6.54 Å². The molecule has 0 aromatic heterocycles. The van der Waals surface area contributed by atoms with Gasteiger partial charge in [-0.15, -0.1) is 0 Å². The summed E-state index contributed by atoms with van der Waals surface area (Å²) >= 11 is 3.58. The van der Waals surface area contributed by atoms with Crippen LogP contribution in [0.2, 0.25) is 0 Å². The lowest BCUT2D eigenvalue weighted by Crippen LogP contribution is -2.29.